The van der Waals surface area contributed by atoms with Crippen molar-refractivity contribution >= 4 is 38.4 Å². The summed E-state index contributed by atoms with van der Waals surface area (Å²) >= 11 is 1.78. The maximum Gasteiger partial charge on any atom is 0.311 e. The fourth-order valence-corrected chi connectivity index (χ4v) is 6.78. The first-order chi connectivity index (χ1) is 18.9. The van der Waals surface area contributed by atoms with Crippen LogP contribution in [0.1, 0.15) is 88.1 Å². The van der Waals surface area contributed by atoms with Crippen molar-refractivity contribution in [3.63, 3.8) is 0 Å². The number of rotatable bonds is 6. The third-order valence-corrected chi connectivity index (χ3v) is 8.76. The van der Waals surface area contributed by atoms with Crippen LogP contribution in [0.25, 0.3) is 32.2 Å². The second-order valence-corrected chi connectivity index (χ2v) is 14.2. The summed E-state index contributed by atoms with van der Waals surface area (Å²) in [6.07, 6.45) is 4.67. The van der Waals surface area contributed by atoms with Crippen molar-refractivity contribution in [3.05, 3.63) is 52.2 Å². The van der Waals surface area contributed by atoms with Gasteiger partial charge in [-0.25, -0.2) is 4.98 Å². The van der Waals surface area contributed by atoms with E-state index in [0.717, 1.165) is 55.5 Å². The van der Waals surface area contributed by atoms with Crippen LogP contribution in [0.3, 0.4) is 0 Å². The van der Waals surface area contributed by atoms with E-state index >= 15 is 0 Å². The van der Waals surface area contributed by atoms with Crippen LogP contribution in [-0.2, 0) is 20.7 Å². The number of hydrogen-bond acceptors (Lipinski definition) is 7. The van der Waals surface area contributed by atoms with Gasteiger partial charge in [0.15, 0.2) is 0 Å². The quantitative estimate of drug-likeness (QED) is 0.223. The fourth-order valence-electron chi connectivity index (χ4n) is 5.49. The fraction of sp³-hybridized carbons (Fsp3) is 0.485. The van der Waals surface area contributed by atoms with Crippen molar-refractivity contribution in [2.75, 3.05) is 13.2 Å². The smallest absolute Gasteiger partial charge is 0.311 e. The van der Waals surface area contributed by atoms with Gasteiger partial charge in [0.25, 0.3) is 0 Å². The third kappa shape index (κ3) is 5.10. The highest BCUT2D eigenvalue weighted by Crippen LogP contribution is 2.49. The van der Waals surface area contributed by atoms with Crippen molar-refractivity contribution in [2.24, 2.45) is 5.41 Å². The highest BCUT2D eigenvalue weighted by Gasteiger charge is 2.33. The van der Waals surface area contributed by atoms with Crippen LogP contribution in [0.4, 0.5) is 0 Å². The van der Waals surface area contributed by atoms with Crippen LogP contribution in [0.5, 0.6) is 5.75 Å². The van der Waals surface area contributed by atoms with Crippen LogP contribution in [0, 0.1) is 12.3 Å². The van der Waals surface area contributed by atoms with Crippen LogP contribution in [-0.4, -0.2) is 34.8 Å². The van der Waals surface area contributed by atoms with E-state index in [9.17, 15) is 4.79 Å². The Labute approximate surface area is 240 Å². The molecule has 0 N–H and O–H groups in total. The molecule has 1 unspecified atom stereocenters. The van der Waals surface area contributed by atoms with E-state index in [4.69, 9.17) is 24.2 Å². The summed E-state index contributed by atoms with van der Waals surface area (Å²) in [7, 11) is 0. The van der Waals surface area contributed by atoms with Crippen LogP contribution >= 0.6 is 11.3 Å². The van der Waals surface area contributed by atoms with Crippen molar-refractivity contribution in [1.82, 2.24) is 9.97 Å². The number of esters is 1. The molecular weight excluding hydrogens is 520 g/mol. The summed E-state index contributed by atoms with van der Waals surface area (Å²) in [6, 6.07) is 8.47. The van der Waals surface area contributed by atoms with Gasteiger partial charge in [-0.2, -0.15) is 0 Å². The third-order valence-electron chi connectivity index (χ3n) is 7.51. The standard InChI is InChI=1S/C33H38N2O4S/c1-18-16-22-29(40-30(35-22)20-8-9-20)27(21-10-11-23-26-19(13-15-37-23)12-14-34-28(21)26)25(18)24(39-33(5,6)7)17-38-31(36)32(2,3)4/h10-12,14,16,20,24H,8-9,13,15,17H2,1-7H3. The minimum absolute atomic E-state index is 0.124. The molecule has 0 bridgehead atoms. The Bertz CT molecular complexity index is 1610. The summed E-state index contributed by atoms with van der Waals surface area (Å²) in [5.41, 5.74) is 6.30. The first-order valence-electron chi connectivity index (χ1n) is 14.2. The molecule has 0 saturated heterocycles. The minimum atomic E-state index is -0.606. The van der Waals surface area contributed by atoms with Gasteiger partial charge >= 0.3 is 5.97 Å². The summed E-state index contributed by atoms with van der Waals surface area (Å²) in [5, 5.41) is 2.27. The van der Waals surface area contributed by atoms with Crippen molar-refractivity contribution in [1.29, 1.82) is 0 Å². The summed E-state index contributed by atoms with van der Waals surface area (Å²) < 4.78 is 19.8. The van der Waals surface area contributed by atoms with Gasteiger partial charge in [0, 0.05) is 35.0 Å². The maximum absolute atomic E-state index is 12.9. The number of pyridine rings is 1. The molecule has 7 heteroatoms. The van der Waals surface area contributed by atoms with Crippen LogP contribution in [0.2, 0.25) is 0 Å². The lowest BCUT2D eigenvalue weighted by molar-refractivity contribution is -0.162. The topological polar surface area (TPSA) is 70.5 Å². The predicted molar refractivity (Wildman–Crippen MR) is 160 cm³/mol. The molecular formula is C33H38N2O4S. The molecule has 1 saturated carbocycles. The van der Waals surface area contributed by atoms with Crippen LogP contribution in [0.15, 0.2) is 30.5 Å². The lowest BCUT2D eigenvalue weighted by Crippen LogP contribution is -2.30. The molecule has 0 amide bonds. The Morgan fingerprint density at radius 2 is 1.93 bits per heavy atom. The van der Waals surface area contributed by atoms with Crippen molar-refractivity contribution in [3.8, 4) is 16.9 Å². The molecule has 0 spiro atoms. The molecule has 40 heavy (non-hydrogen) atoms. The van der Waals surface area contributed by atoms with E-state index in [0.29, 0.717) is 12.5 Å². The molecule has 4 aromatic rings. The molecule has 2 aromatic heterocycles. The monoisotopic (exact) mass is 558 g/mol. The van der Waals surface area contributed by atoms with Gasteiger partial charge < -0.3 is 14.2 Å². The average Bonchev–Trinajstić information content (AvgIpc) is 3.65. The number of aromatic nitrogens is 2. The Balaban J connectivity index is 1.61. The Morgan fingerprint density at radius 1 is 1.15 bits per heavy atom. The number of thiazole rings is 1. The SMILES string of the molecule is Cc1cc2nc(C3CC3)sc2c(-c2ccc3c4c(ccnc24)CCO3)c1C(COC(=O)C(C)(C)C)OC(C)(C)C. The number of fused-ring (bicyclic) bond motifs is 1. The van der Waals surface area contributed by atoms with E-state index < -0.39 is 17.1 Å². The molecule has 1 fully saturated rings. The Morgan fingerprint density at radius 3 is 2.62 bits per heavy atom. The van der Waals surface area contributed by atoms with Crippen molar-refractivity contribution in [2.45, 2.75) is 85.4 Å². The number of nitrogens with zero attached hydrogens (tertiary/aromatic N) is 2. The zero-order valence-electron chi connectivity index (χ0n) is 24.5. The molecule has 1 atom stereocenters. The molecule has 1 aliphatic heterocycles. The summed E-state index contributed by atoms with van der Waals surface area (Å²) in [6.45, 7) is 14.6. The van der Waals surface area contributed by atoms with E-state index in [2.05, 4.69) is 31.2 Å². The van der Waals surface area contributed by atoms with Gasteiger partial charge in [0.05, 0.1) is 38.4 Å². The highest BCUT2D eigenvalue weighted by atomic mass is 32.1. The Kier molecular flexibility index (Phi) is 6.66. The molecule has 2 aromatic carbocycles. The van der Waals surface area contributed by atoms with Gasteiger partial charge in [0.2, 0.25) is 0 Å². The Hall–Kier alpha value is -3.03. The normalized spacial score (nSPS) is 16.3. The number of carbonyl (C=O) groups is 1. The predicted octanol–water partition coefficient (Wildman–Crippen LogP) is 8.08. The van der Waals surface area contributed by atoms with E-state index in [1.165, 1.54) is 23.4 Å². The summed E-state index contributed by atoms with van der Waals surface area (Å²) in [4.78, 5) is 22.9. The van der Waals surface area contributed by atoms with E-state index in [-0.39, 0.29) is 12.6 Å². The molecule has 3 heterocycles. The first-order valence-corrected chi connectivity index (χ1v) is 15.0. The second kappa shape index (κ2) is 9.81. The molecule has 1 aliphatic carbocycles. The van der Waals surface area contributed by atoms with E-state index in [1.54, 1.807) is 11.3 Å². The molecule has 210 valence electrons. The lowest BCUT2D eigenvalue weighted by Gasteiger charge is -2.31. The number of ether oxygens (including phenoxy) is 3. The van der Waals surface area contributed by atoms with Gasteiger partial charge in [-0.1, -0.05) is 0 Å². The zero-order chi connectivity index (χ0) is 28.4. The highest BCUT2D eigenvalue weighted by molar-refractivity contribution is 7.19. The molecule has 6 nitrogen and oxygen atoms in total. The van der Waals surface area contributed by atoms with Crippen molar-refractivity contribution < 1.29 is 19.0 Å². The molecule has 2 aliphatic rings. The second-order valence-electron chi connectivity index (χ2n) is 13.1. The van der Waals surface area contributed by atoms with Crippen LogP contribution < -0.4 is 4.74 Å². The van der Waals surface area contributed by atoms with E-state index in [1.807, 2.05) is 47.7 Å². The number of benzene rings is 2. The van der Waals surface area contributed by atoms with Gasteiger partial charge in [-0.3, -0.25) is 9.78 Å². The number of aryl methyl sites for hydroxylation is 1. The van der Waals surface area contributed by atoms with Gasteiger partial charge in [0.1, 0.15) is 18.5 Å². The lowest BCUT2D eigenvalue weighted by atomic mass is 9.89. The average molecular weight is 559 g/mol. The number of hydrogen-bond donors (Lipinski definition) is 0. The first kappa shape index (κ1) is 27.2. The largest absolute Gasteiger partial charge is 0.493 e. The zero-order valence-corrected chi connectivity index (χ0v) is 25.3. The molecule has 6 rings (SSSR count). The molecule has 0 radical (unpaired) electrons. The van der Waals surface area contributed by atoms with Gasteiger partial charge in [-0.05, 0) is 102 Å². The minimum Gasteiger partial charge on any atom is -0.493 e. The summed E-state index contributed by atoms with van der Waals surface area (Å²) in [5.74, 6) is 1.18. The number of carbonyl (C=O) groups excluding carboxylic acids is 1. The maximum atomic E-state index is 12.9. The van der Waals surface area contributed by atoms with Gasteiger partial charge in [-0.15, -0.1) is 11.3 Å².